The van der Waals surface area contributed by atoms with Crippen LogP contribution in [0.2, 0.25) is 0 Å². The van der Waals surface area contributed by atoms with Gasteiger partial charge in [0.25, 0.3) is 0 Å². The highest BCUT2D eigenvalue weighted by Gasteiger charge is 1.99. The Labute approximate surface area is 183 Å². The van der Waals surface area contributed by atoms with Crippen LogP contribution in [0.25, 0.3) is 21.5 Å². The number of aromatic hydroxyl groups is 1. The van der Waals surface area contributed by atoms with Crippen molar-refractivity contribution in [3.05, 3.63) is 120 Å². The quantitative estimate of drug-likeness (QED) is 0.334. The van der Waals surface area contributed by atoms with Gasteiger partial charge in [-0.2, -0.15) is 0 Å². The van der Waals surface area contributed by atoms with E-state index in [2.05, 4.69) is 62.4 Å². The van der Waals surface area contributed by atoms with Gasteiger partial charge in [0.15, 0.2) is 0 Å². The number of rotatable bonds is 3. The van der Waals surface area contributed by atoms with Gasteiger partial charge in [-0.1, -0.05) is 90.0 Å². The standard InChI is InChI=1S/C18H16O.C11H10O/c1-14-7-8-17-12-18(10-9-16(17)11-14)19-13-15-5-3-2-4-6-15;1-8-2-3-10-7-11(12)5-4-9(10)6-8/h2-12H,13H2,1H3;2-7,12H,1H3. The third-order valence-electron chi connectivity index (χ3n) is 5.19. The molecule has 0 atom stereocenters. The summed E-state index contributed by atoms with van der Waals surface area (Å²) >= 11 is 0. The highest BCUT2D eigenvalue weighted by Crippen LogP contribution is 2.23. The zero-order valence-electron chi connectivity index (χ0n) is 17.9. The van der Waals surface area contributed by atoms with E-state index in [0.717, 1.165) is 11.1 Å². The average Bonchev–Trinajstić information content (AvgIpc) is 2.79. The van der Waals surface area contributed by atoms with Crippen molar-refractivity contribution in [2.24, 2.45) is 0 Å². The number of fused-ring (bicyclic) bond motifs is 2. The van der Waals surface area contributed by atoms with Gasteiger partial charge < -0.3 is 9.84 Å². The maximum absolute atomic E-state index is 9.20. The normalized spacial score (nSPS) is 10.5. The van der Waals surface area contributed by atoms with E-state index in [0.29, 0.717) is 12.4 Å². The molecule has 0 saturated carbocycles. The third kappa shape index (κ3) is 5.43. The van der Waals surface area contributed by atoms with Crippen LogP contribution >= 0.6 is 0 Å². The first-order valence-electron chi connectivity index (χ1n) is 10.4. The summed E-state index contributed by atoms with van der Waals surface area (Å²) in [6.45, 7) is 4.78. The average molecular weight is 407 g/mol. The molecule has 0 amide bonds. The summed E-state index contributed by atoms with van der Waals surface area (Å²) in [5, 5.41) is 13.9. The van der Waals surface area contributed by atoms with E-state index < -0.39 is 0 Å². The molecule has 0 aliphatic heterocycles. The van der Waals surface area contributed by atoms with Crippen LogP contribution in [0.1, 0.15) is 16.7 Å². The van der Waals surface area contributed by atoms with Gasteiger partial charge in [0, 0.05) is 0 Å². The summed E-state index contributed by atoms with van der Waals surface area (Å²) in [5.41, 5.74) is 3.71. The lowest BCUT2D eigenvalue weighted by Gasteiger charge is -2.07. The molecule has 0 fully saturated rings. The Morgan fingerprint density at radius 2 is 1.13 bits per heavy atom. The molecular formula is C29H26O2. The minimum Gasteiger partial charge on any atom is -0.508 e. The van der Waals surface area contributed by atoms with Crippen molar-refractivity contribution in [3.63, 3.8) is 0 Å². The fourth-order valence-electron chi connectivity index (χ4n) is 3.53. The molecule has 0 aromatic heterocycles. The second-order valence-corrected chi connectivity index (χ2v) is 7.82. The first kappa shape index (κ1) is 20.5. The van der Waals surface area contributed by atoms with Crippen LogP contribution in [0.3, 0.4) is 0 Å². The van der Waals surface area contributed by atoms with Crippen LogP contribution in [-0.2, 0) is 6.61 Å². The van der Waals surface area contributed by atoms with E-state index in [1.165, 1.54) is 32.8 Å². The van der Waals surface area contributed by atoms with Gasteiger partial charge in [0.1, 0.15) is 18.1 Å². The second kappa shape index (κ2) is 9.36. The van der Waals surface area contributed by atoms with Crippen molar-refractivity contribution < 1.29 is 9.84 Å². The highest BCUT2D eigenvalue weighted by atomic mass is 16.5. The fraction of sp³-hybridized carbons (Fsp3) is 0.103. The number of phenols is 1. The van der Waals surface area contributed by atoms with Crippen molar-refractivity contribution >= 4 is 21.5 Å². The van der Waals surface area contributed by atoms with Gasteiger partial charge in [0.05, 0.1) is 0 Å². The Bertz CT molecular complexity index is 1270. The fourth-order valence-corrected chi connectivity index (χ4v) is 3.53. The molecule has 5 aromatic rings. The van der Waals surface area contributed by atoms with Crippen LogP contribution in [0.4, 0.5) is 0 Å². The summed E-state index contributed by atoms with van der Waals surface area (Å²) in [4.78, 5) is 0. The Hall–Kier alpha value is -3.78. The minimum absolute atomic E-state index is 0.325. The SMILES string of the molecule is Cc1ccc2cc(O)ccc2c1.Cc1ccc2cc(OCc3ccccc3)ccc2c1. The number of hydrogen-bond donors (Lipinski definition) is 1. The zero-order valence-corrected chi connectivity index (χ0v) is 17.9. The maximum Gasteiger partial charge on any atom is 0.120 e. The minimum atomic E-state index is 0.325. The highest BCUT2D eigenvalue weighted by molar-refractivity contribution is 5.85. The monoisotopic (exact) mass is 406 g/mol. The molecule has 0 aliphatic rings. The van der Waals surface area contributed by atoms with E-state index in [9.17, 15) is 5.11 Å². The van der Waals surface area contributed by atoms with E-state index in [4.69, 9.17) is 4.74 Å². The molecular weight excluding hydrogens is 380 g/mol. The molecule has 1 N–H and O–H groups in total. The summed E-state index contributed by atoms with van der Waals surface area (Å²) in [6, 6.07) is 34.5. The summed E-state index contributed by atoms with van der Waals surface area (Å²) < 4.78 is 5.83. The Morgan fingerprint density at radius 3 is 1.81 bits per heavy atom. The molecule has 154 valence electrons. The van der Waals surface area contributed by atoms with Crippen LogP contribution in [0.5, 0.6) is 11.5 Å². The molecule has 2 nitrogen and oxygen atoms in total. The molecule has 5 aromatic carbocycles. The van der Waals surface area contributed by atoms with Gasteiger partial charge in [0.2, 0.25) is 0 Å². The van der Waals surface area contributed by atoms with Crippen LogP contribution in [0.15, 0.2) is 103 Å². The molecule has 0 radical (unpaired) electrons. The van der Waals surface area contributed by atoms with Crippen LogP contribution in [-0.4, -0.2) is 5.11 Å². The van der Waals surface area contributed by atoms with Crippen molar-refractivity contribution in [1.29, 1.82) is 0 Å². The lowest BCUT2D eigenvalue weighted by atomic mass is 10.1. The van der Waals surface area contributed by atoms with E-state index >= 15 is 0 Å². The molecule has 31 heavy (non-hydrogen) atoms. The predicted molar refractivity (Wildman–Crippen MR) is 130 cm³/mol. The molecule has 0 heterocycles. The molecule has 0 bridgehead atoms. The summed E-state index contributed by atoms with van der Waals surface area (Å²) in [6.07, 6.45) is 0. The van der Waals surface area contributed by atoms with E-state index in [1.807, 2.05) is 42.5 Å². The first-order chi connectivity index (χ1) is 15.1. The van der Waals surface area contributed by atoms with Gasteiger partial charge >= 0.3 is 0 Å². The van der Waals surface area contributed by atoms with Crippen LogP contribution in [0, 0.1) is 13.8 Å². The van der Waals surface area contributed by atoms with E-state index in [1.54, 1.807) is 12.1 Å². The molecule has 2 heteroatoms. The first-order valence-corrected chi connectivity index (χ1v) is 10.4. The number of hydrogen-bond acceptors (Lipinski definition) is 2. The molecule has 0 spiro atoms. The Kier molecular flexibility index (Phi) is 6.18. The lowest BCUT2D eigenvalue weighted by molar-refractivity contribution is 0.306. The Morgan fingerprint density at radius 1 is 0.581 bits per heavy atom. The summed E-state index contributed by atoms with van der Waals surface area (Å²) in [7, 11) is 0. The third-order valence-corrected chi connectivity index (χ3v) is 5.19. The predicted octanol–water partition coefficient (Wildman–Crippen LogP) is 7.58. The number of aryl methyl sites for hydroxylation is 2. The number of ether oxygens (including phenoxy) is 1. The Balaban J connectivity index is 0.000000166. The molecule has 5 rings (SSSR count). The maximum atomic E-state index is 9.20. The smallest absolute Gasteiger partial charge is 0.120 e. The molecule has 0 unspecified atom stereocenters. The van der Waals surface area contributed by atoms with Crippen LogP contribution < -0.4 is 4.74 Å². The lowest BCUT2D eigenvalue weighted by Crippen LogP contribution is -1.94. The van der Waals surface area contributed by atoms with Crippen molar-refractivity contribution in [2.45, 2.75) is 20.5 Å². The van der Waals surface area contributed by atoms with Gasteiger partial charge in [-0.05, 0) is 65.2 Å². The number of phenolic OH excluding ortho intramolecular Hbond substituents is 1. The largest absolute Gasteiger partial charge is 0.508 e. The summed E-state index contributed by atoms with van der Waals surface area (Å²) in [5.74, 6) is 1.24. The molecule has 0 saturated heterocycles. The van der Waals surface area contributed by atoms with Gasteiger partial charge in [-0.25, -0.2) is 0 Å². The second-order valence-electron chi connectivity index (χ2n) is 7.82. The van der Waals surface area contributed by atoms with Crippen molar-refractivity contribution in [3.8, 4) is 11.5 Å². The topological polar surface area (TPSA) is 29.5 Å². The zero-order chi connectivity index (χ0) is 21.6. The van der Waals surface area contributed by atoms with Crippen molar-refractivity contribution in [1.82, 2.24) is 0 Å². The van der Waals surface area contributed by atoms with Crippen molar-refractivity contribution in [2.75, 3.05) is 0 Å². The van der Waals surface area contributed by atoms with Gasteiger partial charge in [-0.3, -0.25) is 0 Å². The van der Waals surface area contributed by atoms with Gasteiger partial charge in [-0.15, -0.1) is 0 Å². The van der Waals surface area contributed by atoms with E-state index in [-0.39, 0.29) is 0 Å². The molecule has 0 aliphatic carbocycles. The number of benzene rings is 5.